The summed E-state index contributed by atoms with van der Waals surface area (Å²) in [5, 5.41) is 0. The zero-order chi connectivity index (χ0) is 11.9. The van der Waals surface area contributed by atoms with E-state index in [1.807, 2.05) is 22.7 Å². The number of ether oxygens (including phenoxy) is 1. The summed E-state index contributed by atoms with van der Waals surface area (Å²) < 4.78 is 9.35. The van der Waals surface area contributed by atoms with Crippen molar-refractivity contribution in [3.8, 4) is 10.4 Å². The van der Waals surface area contributed by atoms with Gasteiger partial charge in [0, 0.05) is 11.3 Å². The Morgan fingerprint density at radius 3 is 2.78 bits per heavy atom. The number of morpholine rings is 1. The maximum absolute atomic E-state index is 5.42. The molecular weight excluding hydrogens is 262 g/mol. The lowest BCUT2D eigenvalue weighted by Gasteiger charge is -2.08. The van der Waals surface area contributed by atoms with Crippen molar-refractivity contribution in [1.29, 1.82) is 0 Å². The van der Waals surface area contributed by atoms with Crippen molar-refractivity contribution in [3.05, 3.63) is 38.7 Å². The largest absolute Gasteiger partial charge is 0.368 e. The van der Waals surface area contributed by atoms with Crippen LogP contribution in [-0.2, 0) is 11.2 Å². The SMILES string of the molecule is c1ccc2c(c1)Cc1sc(=[N+]3CCOCC3)sc1-2. The number of fused-ring (bicyclic) bond motifs is 3. The molecule has 1 aromatic carbocycles. The van der Waals surface area contributed by atoms with Crippen molar-refractivity contribution in [1.82, 2.24) is 4.58 Å². The van der Waals surface area contributed by atoms with E-state index in [-0.39, 0.29) is 0 Å². The lowest BCUT2D eigenvalue weighted by molar-refractivity contribution is 0.0976. The molecule has 0 radical (unpaired) electrons. The van der Waals surface area contributed by atoms with Crippen LogP contribution in [0, 0.1) is 0 Å². The van der Waals surface area contributed by atoms with E-state index in [1.165, 1.54) is 20.0 Å². The van der Waals surface area contributed by atoms with E-state index in [0.717, 1.165) is 32.7 Å². The molecule has 0 unspecified atom stereocenters. The first kappa shape index (κ1) is 10.9. The summed E-state index contributed by atoms with van der Waals surface area (Å²) in [4.78, 5) is 3.04. The van der Waals surface area contributed by atoms with E-state index in [9.17, 15) is 0 Å². The van der Waals surface area contributed by atoms with Crippen molar-refractivity contribution in [2.45, 2.75) is 6.42 Å². The summed E-state index contributed by atoms with van der Waals surface area (Å²) in [5.41, 5.74) is 2.94. The number of benzene rings is 1. The summed E-state index contributed by atoms with van der Waals surface area (Å²) in [6.45, 7) is 3.81. The molecule has 0 saturated carbocycles. The highest BCUT2D eigenvalue weighted by molar-refractivity contribution is 7.29. The molecule has 18 heavy (non-hydrogen) atoms. The molecule has 4 rings (SSSR count). The minimum absolute atomic E-state index is 0.867. The Bertz CT molecular complexity index is 660. The van der Waals surface area contributed by atoms with E-state index in [0.29, 0.717) is 0 Å². The topological polar surface area (TPSA) is 12.2 Å². The van der Waals surface area contributed by atoms with Gasteiger partial charge in [-0.3, -0.25) is 0 Å². The minimum atomic E-state index is 0.867. The molecule has 2 nitrogen and oxygen atoms in total. The van der Waals surface area contributed by atoms with Crippen LogP contribution in [0.4, 0.5) is 0 Å². The van der Waals surface area contributed by atoms with Crippen LogP contribution in [0.3, 0.4) is 0 Å². The Morgan fingerprint density at radius 1 is 1.06 bits per heavy atom. The number of hydrogen-bond donors (Lipinski definition) is 0. The Labute approximate surface area is 114 Å². The third-order valence-electron chi connectivity index (χ3n) is 3.54. The first-order valence-electron chi connectivity index (χ1n) is 6.28. The van der Waals surface area contributed by atoms with E-state index < -0.39 is 0 Å². The molecule has 92 valence electrons. The second-order valence-corrected chi connectivity index (χ2v) is 7.00. The number of hydrogen-bond acceptors (Lipinski definition) is 3. The molecule has 1 saturated heterocycles. The highest BCUT2D eigenvalue weighted by Gasteiger charge is 2.24. The Morgan fingerprint density at radius 2 is 1.89 bits per heavy atom. The highest BCUT2D eigenvalue weighted by Crippen LogP contribution is 2.40. The van der Waals surface area contributed by atoms with Gasteiger partial charge in [-0.05, 0) is 11.1 Å². The molecule has 2 aliphatic rings. The van der Waals surface area contributed by atoms with Gasteiger partial charge in [0.25, 0.3) is 0 Å². The molecule has 1 aliphatic heterocycles. The van der Waals surface area contributed by atoms with Crippen molar-refractivity contribution < 1.29 is 4.74 Å². The molecule has 2 aromatic rings. The molecule has 0 amide bonds. The zero-order valence-corrected chi connectivity index (χ0v) is 11.6. The van der Waals surface area contributed by atoms with Gasteiger partial charge >= 0.3 is 3.98 Å². The predicted molar refractivity (Wildman–Crippen MR) is 76.3 cm³/mol. The average Bonchev–Trinajstić information content (AvgIpc) is 2.97. The fraction of sp³-hybridized carbons (Fsp3) is 0.357. The first-order valence-corrected chi connectivity index (χ1v) is 7.92. The molecule has 1 aliphatic carbocycles. The van der Waals surface area contributed by atoms with E-state index in [1.54, 1.807) is 4.88 Å². The molecule has 0 bridgehead atoms. The summed E-state index contributed by atoms with van der Waals surface area (Å²) in [6, 6.07) is 8.80. The highest BCUT2D eigenvalue weighted by atomic mass is 32.2. The number of nitrogens with zero attached hydrogens (tertiary/aromatic N) is 1. The van der Waals surface area contributed by atoms with Crippen LogP contribution < -0.4 is 8.56 Å². The molecule has 2 heterocycles. The molecule has 0 atom stereocenters. The van der Waals surface area contributed by atoms with Crippen LogP contribution in [-0.4, -0.2) is 26.3 Å². The van der Waals surface area contributed by atoms with Gasteiger partial charge in [0.2, 0.25) is 0 Å². The molecule has 1 aromatic heterocycles. The van der Waals surface area contributed by atoms with Gasteiger partial charge in [0.15, 0.2) is 13.1 Å². The second-order valence-electron chi connectivity index (χ2n) is 4.66. The van der Waals surface area contributed by atoms with Gasteiger partial charge in [-0.15, -0.1) is 0 Å². The third kappa shape index (κ3) is 1.67. The fourth-order valence-corrected chi connectivity index (χ4v) is 5.48. The minimum Gasteiger partial charge on any atom is -0.368 e. The van der Waals surface area contributed by atoms with E-state index >= 15 is 0 Å². The molecule has 1 fully saturated rings. The summed E-state index contributed by atoms with van der Waals surface area (Å²) in [5.74, 6) is 0. The Kier molecular flexibility index (Phi) is 2.60. The zero-order valence-electron chi connectivity index (χ0n) is 10.0. The van der Waals surface area contributed by atoms with Crippen LogP contribution in [0.2, 0.25) is 0 Å². The maximum atomic E-state index is 5.42. The van der Waals surface area contributed by atoms with Gasteiger partial charge in [-0.1, -0.05) is 46.9 Å². The van der Waals surface area contributed by atoms with Gasteiger partial charge in [-0.2, -0.15) is 0 Å². The van der Waals surface area contributed by atoms with Gasteiger partial charge in [-0.25, -0.2) is 4.58 Å². The average molecular weight is 276 g/mol. The van der Waals surface area contributed by atoms with Crippen molar-refractivity contribution >= 4 is 22.7 Å². The van der Waals surface area contributed by atoms with Gasteiger partial charge in [0.1, 0.15) is 13.2 Å². The van der Waals surface area contributed by atoms with E-state index in [4.69, 9.17) is 4.74 Å². The van der Waals surface area contributed by atoms with Crippen molar-refractivity contribution in [2.75, 3.05) is 26.3 Å². The molecule has 4 heteroatoms. The monoisotopic (exact) mass is 276 g/mol. The summed E-state index contributed by atoms with van der Waals surface area (Å²) >= 11 is 3.93. The smallest absolute Gasteiger partial charge is 0.314 e. The molecule has 0 spiro atoms. The summed E-state index contributed by atoms with van der Waals surface area (Å²) in [6.07, 6.45) is 1.12. The lowest BCUT2D eigenvalue weighted by atomic mass is 10.1. The van der Waals surface area contributed by atoms with Crippen LogP contribution in [0.25, 0.3) is 10.4 Å². The van der Waals surface area contributed by atoms with Crippen molar-refractivity contribution in [2.24, 2.45) is 0 Å². The standard InChI is InChI=1S/C14H14NOS2/c1-2-4-11-10(3-1)9-12-13(11)18-14(17-12)15-5-7-16-8-6-15/h1-4H,5-9H2/q+1. The van der Waals surface area contributed by atoms with Crippen LogP contribution in [0.15, 0.2) is 24.3 Å². The Balaban J connectivity index is 1.85. The van der Waals surface area contributed by atoms with Crippen LogP contribution >= 0.6 is 22.7 Å². The molecule has 0 N–H and O–H groups in total. The van der Waals surface area contributed by atoms with Crippen molar-refractivity contribution in [3.63, 3.8) is 0 Å². The second kappa shape index (κ2) is 4.30. The predicted octanol–water partition coefficient (Wildman–Crippen LogP) is 2.18. The molecular formula is C14H14NOS2+. The van der Waals surface area contributed by atoms with Gasteiger partial charge < -0.3 is 4.74 Å². The normalized spacial score (nSPS) is 17.7. The quantitative estimate of drug-likeness (QED) is 0.573. The lowest BCUT2D eigenvalue weighted by Crippen LogP contribution is -2.37. The first-order chi connectivity index (χ1) is 8.92. The Hall–Kier alpha value is -0.970. The van der Waals surface area contributed by atoms with Crippen LogP contribution in [0.1, 0.15) is 10.4 Å². The third-order valence-corrected chi connectivity index (χ3v) is 6.30. The number of rotatable bonds is 0. The fourth-order valence-electron chi connectivity index (χ4n) is 2.58. The summed E-state index contributed by atoms with van der Waals surface area (Å²) in [7, 11) is 0. The maximum Gasteiger partial charge on any atom is 0.314 e. The van der Waals surface area contributed by atoms with Crippen LogP contribution in [0.5, 0.6) is 0 Å². The van der Waals surface area contributed by atoms with Gasteiger partial charge in [0.05, 0.1) is 4.88 Å². The van der Waals surface area contributed by atoms with E-state index in [2.05, 4.69) is 28.8 Å².